The molecule has 132 valence electrons. The molecular formula is C19H31N5. The van der Waals surface area contributed by atoms with Crippen molar-refractivity contribution in [1.29, 1.82) is 0 Å². The van der Waals surface area contributed by atoms with Crippen LogP contribution in [0.2, 0.25) is 0 Å². The maximum atomic E-state index is 4.45. The first-order valence-corrected chi connectivity index (χ1v) is 9.93. The van der Waals surface area contributed by atoms with Gasteiger partial charge in [0.25, 0.3) is 0 Å². The summed E-state index contributed by atoms with van der Waals surface area (Å²) in [6.07, 6.45) is 12.6. The molecule has 3 aliphatic rings. The van der Waals surface area contributed by atoms with Crippen molar-refractivity contribution in [3.8, 4) is 0 Å². The maximum absolute atomic E-state index is 4.45. The quantitative estimate of drug-likeness (QED) is 0.899. The lowest BCUT2D eigenvalue weighted by Crippen LogP contribution is -2.41. The fourth-order valence-electron chi connectivity index (χ4n) is 4.57. The molecule has 2 saturated heterocycles. The first-order valence-electron chi connectivity index (χ1n) is 9.93. The number of hydrogen-bond acceptors (Lipinski definition) is 5. The highest BCUT2D eigenvalue weighted by atomic mass is 15.2. The summed E-state index contributed by atoms with van der Waals surface area (Å²) in [6, 6.07) is 2.70. The molecular weight excluding hydrogens is 298 g/mol. The Balaban J connectivity index is 1.26. The second-order valence-corrected chi connectivity index (χ2v) is 7.83. The van der Waals surface area contributed by atoms with Crippen LogP contribution >= 0.6 is 0 Å². The van der Waals surface area contributed by atoms with Gasteiger partial charge in [-0.15, -0.1) is 0 Å². The van der Waals surface area contributed by atoms with Gasteiger partial charge in [-0.25, -0.2) is 9.97 Å². The third kappa shape index (κ3) is 4.00. The Bertz CT molecular complexity index is 514. The largest absolute Gasteiger partial charge is 0.367 e. The molecule has 0 amide bonds. The molecule has 24 heavy (non-hydrogen) atoms. The zero-order valence-electron chi connectivity index (χ0n) is 14.8. The fourth-order valence-corrected chi connectivity index (χ4v) is 4.57. The van der Waals surface area contributed by atoms with Crippen molar-refractivity contribution in [3.63, 3.8) is 0 Å². The monoisotopic (exact) mass is 329 g/mol. The van der Waals surface area contributed by atoms with Gasteiger partial charge in [-0.3, -0.25) is 0 Å². The van der Waals surface area contributed by atoms with Gasteiger partial charge >= 0.3 is 0 Å². The van der Waals surface area contributed by atoms with Crippen LogP contribution in [0, 0.1) is 5.92 Å². The molecule has 1 aromatic heterocycles. The van der Waals surface area contributed by atoms with Gasteiger partial charge in [0, 0.05) is 44.8 Å². The fraction of sp³-hybridized carbons (Fsp3) is 0.789. The van der Waals surface area contributed by atoms with Gasteiger partial charge in [-0.2, -0.15) is 0 Å². The molecule has 2 aliphatic heterocycles. The molecule has 0 atom stereocenters. The Morgan fingerprint density at radius 3 is 2.42 bits per heavy atom. The van der Waals surface area contributed by atoms with Crippen LogP contribution in [-0.2, 0) is 0 Å². The van der Waals surface area contributed by atoms with Crippen LogP contribution in [0.5, 0.6) is 0 Å². The lowest BCUT2D eigenvalue weighted by molar-refractivity contribution is 0.189. The number of nitrogens with one attached hydrogen (secondary N) is 1. The number of hydrogen-bond donors (Lipinski definition) is 1. The highest BCUT2D eigenvalue weighted by Gasteiger charge is 2.23. The number of nitrogens with zero attached hydrogens (tertiary/aromatic N) is 4. The summed E-state index contributed by atoms with van der Waals surface area (Å²) >= 11 is 0. The van der Waals surface area contributed by atoms with Gasteiger partial charge in [0.2, 0.25) is 0 Å². The lowest BCUT2D eigenvalue weighted by atomic mass is 10.0. The SMILES string of the molecule is c1nc(NC2CCN(CC3CCCC3)CC2)cc(N2CCCC2)n1. The van der Waals surface area contributed by atoms with Gasteiger partial charge < -0.3 is 15.1 Å². The predicted octanol–water partition coefficient (Wildman–Crippen LogP) is 3.14. The van der Waals surface area contributed by atoms with Crippen LogP contribution in [0.3, 0.4) is 0 Å². The Hall–Kier alpha value is -1.36. The first-order chi connectivity index (χ1) is 11.9. The van der Waals surface area contributed by atoms with E-state index in [0.29, 0.717) is 6.04 Å². The summed E-state index contributed by atoms with van der Waals surface area (Å²) < 4.78 is 0. The average Bonchev–Trinajstić information content (AvgIpc) is 3.30. The summed E-state index contributed by atoms with van der Waals surface area (Å²) in [5.74, 6) is 3.06. The van der Waals surface area contributed by atoms with Gasteiger partial charge in [0.15, 0.2) is 0 Å². The molecule has 5 heteroatoms. The van der Waals surface area contributed by atoms with Crippen LogP contribution in [0.4, 0.5) is 11.6 Å². The molecule has 3 fully saturated rings. The minimum Gasteiger partial charge on any atom is -0.367 e. The van der Waals surface area contributed by atoms with Crippen LogP contribution < -0.4 is 10.2 Å². The van der Waals surface area contributed by atoms with E-state index in [9.17, 15) is 0 Å². The molecule has 0 unspecified atom stereocenters. The van der Waals surface area contributed by atoms with Crippen LogP contribution in [-0.4, -0.2) is 53.6 Å². The van der Waals surface area contributed by atoms with E-state index in [1.54, 1.807) is 6.33 Å². The number of aromatic nitrogens is 2. The molecule has 1 aromatic rings. The molecule has 1 saturated carbocycles. The van der Waals surface area contributed by atoms with E-state index in [1.165, 1.54) is 71.0 Å². The molecule has 4 rings (SSSR count). The van der Waals surface area contributed by atoms with Crippen molar-refractivity contribution in [3.05, 3.63) is 12.4 Å². The van der Waals surface area contributed by atoms with E-state index >= 15 is 0 Å². The van der Waals surface area contributed by atoms with E-state index in [2.05, 4.69) is 31.2 Å². The zero-order valence-corrected chi connectivity index (χ0v) is 14.8. The average molecular weight is 329 g/mol. The topological polar surface area (TPSA) is 44.3 Å². The summed E-state index contributed by atoms with van der Waals surface area (Å²) in [7, 11) is 0. The van der Waals surface area contributed by atoms with Gasteiger partial charge in [-0.05, 0) is 44.4 Å². The van der Waals surface area contributed by atoms with Gasteiger partial charge in [-0.1, -0.05) is 12.8 Å². The minimum atomic E-state index is 0.561. The van der Waals surface area contributed by atoms with Crippen molar-refractivity contribution >= 4 is 11.6 Å². The molecule has 1 aliphatic carbocycles. The third-order valence-electron chi connectivity index (χ3n) is 6.01. The number of piperidine rings is 1. The van der Waals surface area contributed by atoms with Crippen molar-refractivity contribution < 1.29 is 0 Å². The second kappa shape index (κ2) is 7.68. The first kappa shape index (κ1) is 16.1. The van der Waals surface area contributed by atoms with E-state index in [1.807, 2.05) is 0 Å². The molecule has 0 bridgehead atoms. The summed E-state index contributed by atoms with van der Waals surface area (Å²) in [4.78, 5) is 14.0. The Morgan fingerprint density at radius 1 is 0.917 bits per heavy atom. The molecule has 0 aromatic carbocycles. The van der Waals surface area contributed by atoms with Gasteiger partial charge in [0.05, 0.1) is 0 Å². The Kier molecular flexibility index (Phi) is 5.16. The molecule has 5 nitrogen and oxygen atoms in total. The number of likely N-dealkylation sites (tertiary alicyclic amines) is 1. The number of rotatable bonds is 5. The van der Waals surface area contributed by atoms with Crippen molar-refractivity contribution in [1.82, 2.24) is 14.9 Å². The zero-order chi connectivity index (χ0) is 16.2. The highest BCUT2D eigenvalue weighted by molar-refractivity contribution is 5.49. The van der Waals surface area contributed by atoms with E-state index in [0.717, 1.165) is 30.6 Å². The smallest absolute Gasteiger partial charge is 0.134 e. The van der Waals surface area contributed by atoms with Crippen LogP contribution in [0.25, 0.3) is 0 Å². The van der Waals surface area contributed by atoms with Crippen molar-refractivity contribution in [2.24, 2.45) is 5.92 Å². The third-order valence-corrected chi connectivity index (χ3v) is 6.01. The summed E-state index contributed by atoms with van der Waals surface area (Å²) in [5.41, 5.74) is 0. The van der Waals surface area contributed by atoms with Crippen LogP contribution in [0.1, 0.15) is 51.4 Å². The van der Waals surface area contributed by atoms with Crippen molar-refractivity contribution in [2.45, 2.75) is 57.4 Å². The Morgan fingerprint density at radius 2 is 1.67 bits per heavy atom. The molecule has 0 spiro atoms. The molecule has 0 radical (unpaired) electrons. The van der Waals surface area contributed by atoms with E-state index < -0.39 is 0 Å². The molecule has 3 heterocycles. The minimum absolute atomic E-state index is 0.561. The predicted molar refractivity (Wildman–Crippen MR) is 98.5 cm³/mol. The second-order valence-electron chi connectivity index (χ2n) is 7.83. The van der Waals surface area contributed by atoms with E-state index in [-0.39, 0.29) is 0 Å². The standard InChI is InChI=1S/C19H31N5/c1-2-6-16(5-1)14-23-11-7-17(8-12-23)22-18-13-19(21-15-20-18)24-9-3-4-10-24/h13,15-17H,1-12,14H2,(H,20,21,22). The maximum Gasteiger partial charge on any atom is 0.134 e. The summed E-state index contributed by atoms with van der Waals surface area (Å²) in [6.45, 7) is 6.07. The number of anilines is 2. The Labute approximate surface area is 145 Å². The lowest BCUT2D eigenvalue weighted by Gasteiger charge is -2.34. The normalized spacial score (nSPS) is 23.9. The highest BCUT2D eigenvalue weighted by Crippen LogP contribution is 2.27. The summed E-state index contributed by atoms with van der Waals surface area (Å²) in [5, 5.41) is 3.65. The van der Waals surface area contributed by atoms with Gasteiger partial charge in [0.1, 0.15) is 18.0 Å². The van der Waals surface area contributed by atoms with E-state index in [4.69, 9.17) is 0 Å². The molecule has 1 N–H and O–H groups in total. The van der Waals surface area contributed by atoms with Crippen molar-refractivity contribution in [2.75, 3.05) is 42.9 Å². The van der Waals surface area contributed by atoms with Crippen LogP contribution in [0.15, 0.2) is 12.4 Å².